The van der Waals surface area contributed by atoms with Crippen LogP contribution in [0.4, 0.5) is 8.78 Å². The molecule has 0 radical (unpaired) electrons. The van der Waals surface area contributed by atoms with Crippen molar-refractivity contribution in [2.24, 2.45) is 11.8 Å². The number of carboxylic acids is 1. The zero-order valence-electron chi connectivity index (χ0n) is 16.2. The normalized spacial score (nSPS) is 25.1. The van der Waals surface area contributed by atoms with Crippen molar-refractivity contribution in [2.45, 2.75) is 50.2 Å². The number of carbonyl (C=O) groups is 1. The number of halogens is 2. The lowest BCUT2D eigenvalue weighted by Gasteiger charge is -2.20. The number of aliphatic hydroxyl groups is 2. The van der Waals surface area contributed by atoms with E-state index in [2.05, 4.69) is 0 Å². The minimum Gasteiger partial charge on any atom is -0.487 e. The number of rotatable bonds is 11. The molecular weight excluding hydrogens is 382 g/mol. The van der Waals surface area contributed by atoms with E-state index >= 15 is 0 Å². The lowest BCUT2D eigenvalue weighted by atomic mass is 9.89. The molecule has 1 saturated carbocycles. The van der Waals surface area contributed by atoms with E-state index in [1.54, 1.807) is 30.3 Å². The zero-order valence-corrected chi connectivity index (χ0v) is 16.2. The second-order valence-electron chi connectivity index (χ2n) is 7.33. The molecular formula is C22H28F2O5. The van der Waals surface area contributed by atoms with E-state index in [0.717, 1.165) is 6.08 Å². The first kappa shape index (κ1) is 23.0. The topological polar surface area (TPSA) is 87.0 Å². The van der Waals surface area contributed by atoms with Crippen molar-refractivity contribution in [1.29, 1.82) is 0 Å². The minimum atomic E-state index is -3.21. The van der Waals surface area contributed by atoms with Crippen LogP contribution in [0.2, 0.25) is 0 Å². The van der Waals surface area contributed by atoms with Crippen LogP contribution in [0.1, 0.15) is 32.1 Å². The maximum absolute atomic E-state index is 14.2. The molecule has 1 aliphatic carbocycles. The first-order chi connectivity index (χ1) is 13.8. The van der Waals surface area contributed by atoms with E-state index in [0.29, 0.717) is 25.0 Å². The molecule has 3 N–H and O–H groups in total. The Morgan fingerprint density at radius 3 is 2.59 bits per heavy atom. The zero-order chi connectivity index (χ0) is 21.3. The number of allylic oxidation sites excluding steroid dienone is 2. The van der Waals surface area contributed by atoms with E-state index in [1.807, 2.05) is 12.2 Å². The summed E-state index contributed by atoms with van der Waals surface area (Å²) in [6, 6.07) is 8.34. The van der Waals surface area contributed by atoms with Gasteiger partial charge in [-0.1, -0.05) is 36.4 Å². The highest BCUT2D eigenvalue weighted by Crippen LogP contribution is 2.37. The fraction of sp³-hybridized carbons (Fsp3) is 0.500. The molecule has 0 aliphatic heterocycles. The van der Waals surface area contributed by atoms with Crippen LogP contribution < -0.4 is 4.74 Å². The third-order valence-corrected chi connectivity index (χ3v) is 4.99. The maximum Gasteiger partial charge on any atom is 0.303 e. The number of carboxylic acid groups (broad SMARTS) is 1. The Labute approximate surface area is 169 Å². The molecule has 4 atom stereocenters. The van der Waals surface area contributed by atoms with Crippen LogP contribution in [0, 0.1) is 11.8 Å². The van der Waals surface area contributed by atoms with Crippen molar-refractivity contribution < 1.29 is 33.6 Å². The molecule has 0 saturated heterocycles. The summed E-state index contributed by atoms with van der Waals surface area (Å²) in [6.45, 7) is -0.812. The molecule has 1 aromatic carbocycles. The van der Waals surface area contributed by atoms with Gasteiger partial charge in [0.25, 0.3) is 5.92 Å². The van der Waals surface area contributed by atoms with Crippen LogP contribution in [0.3, 0.4) is 0 Å². The van der Waals surface area contributed by atoms with E-state index in [-0.39, 0.29) is 18.8 Å². The number of hydrogen-bond acceptors (Lipinski definition) is 4. The molecule has 0 spiro atoms. The Morgan fingerprint density at radius 1 is 1.17 bits per heavy atom. The summed E-state index contributed by atoms with van der Waals surface area (Å²) in [7, 11) is 0. The maximum atomic E-state index is 14.2. The van der Waals surface area contributed by atoms with Gasteiger partial charge >= 0.3 is 5.97 Å². The molecule has 1 aromatic rings. The predicted octanol–water partition coefficient (Wildman–Crippen LogP) is 3.82. The first-order valence-corrected chi connectivity index (χ1v) is 9.76. The van der Waals surface area contributed by atoms with Gasteiger partial charge in [-0.05, 0) is 43.4 Å². The molecule has 0 amide bonds. The Kier molecular flexibility index (Phi) is 8.79. The van der Waals surface area contributed by atoms with Crippen LogP contribution >= 0.6 is 0 Å². The minimum absolute atomic E-state index is 0.0839. The number of benzene rings is 1. The fourth-order valence-electron chi connectivity index (χ4n) is 3.45. The fourth-order valence-corrected chi connectivity index (χ4v) is 3.45. The van der Waals surface area contributed by atoms with Crippen molar-refractivity contribution in [2.75, 3.05) is 6.61 Å². The van der Waals surface area contributed by atoms with Crippen molar-refractivity contribution in [3.05, 3.63) is 54.6 Å². The number of ether oxygens (including phenoxy) is 1. The summed E-state index contributed by atoms with van der Waals surface area (Å²) >= 11 is 0. The van der Waals surface area contributed by atoms with Gasteiger partial charge < -0.3 is 20.1 Å². The van der Waals surface area contributed by atoms with E-state index in [9.17, 15) is 23.8 Å². The molecule has 5 nitrogen and oxygen atoms in total. The predicted molar refractivity (Wildman–Crippen MR) is 105 cm³/mol. The molecule has 1 aliphatic rings. The van der Waals surface area contributed by atoms with Crippen LogP contribution in [-0.4, -0.2) is 46.0 Å². The summed E-state index contributed by atoms with van der Waals surface area (Å²) in [4.78, 5) is 10.5. The molecule has 29 heavy (non-hydrogen) atoms. The van der Waals surface area contributed by atoms with Gasteiger partial charge in [-0.25, -0.2) is 0 Å². The van der Waals surface area contributed by atoms with Crippen LogP contribution in [0.5, 0.6) is 5.75 Å². The van der Waals surface area contributed by atoms with Gasteiger partial charge in [0, 0.05) is 18.8 Å². The van der Waals surface area contributed by atoms with E-state index in [1.165, 1.54) is 6.08 Å². The van der Waals surface area contributed by atoms with Gasteiger partial charge in [0.05, 0.1) is 12.2 Å². The lowest BCUT2D eigenvalue weighted by Crippen LogP contribution is -2.25. The molecule has 0 bridgehead atoms. The van der Waals surface area contributed by atoms with Crippen LogP contribution in [-0.2, 0) is 4.79 Å². The SMILES string of the molecule is O=C(O)CCC/C=C\C[C@H]1[C@H](/C=C/C(F)(F)COc2ccccc2)[C@@H](O)C[C@H]1O. The Balaban J connectivity index is 1.89. The lowest BCUT2D eigenvalue weighted by molar-refractivity contribution is -0.137. The van der Waals surface area contributed by atoms with Gasteiger partial charge in [-0.3, -0.25) is 4.79 Å². The van der Waals surface area contributed by atoms with Gasteiger partial charge in [-0.15, -0.1) is 0 Å². The third kappa shape index (κ3) is 7.95. The Morgan fingerprint density at radius 2 is 1.90 bits per heavy atom. The highest BCUT2D eigenvalue weighted by Gasteiger charge is 2.40. The number of alkyl halides is 2. The van der Waals surface area contributed by atoms with Crippen molar-refractivity contribution >= 4 is 5.97 Å². The molecule has 1 fully saturated rings. The number of aliphatic hydroxyl groups excluding tert-OH is 2. The quantitative estimate of drug-likeness (QED) is 0.381. The second-order valence-corrected chi connectivity index (χ2v) is 7.33. The average molecular weight is 410 g/mol. The summed E-state index contributed by atoms with van der Waals surface area (Å²) in [6.07, 6.45) is 5.73. The monoisotopic (exact) mass is 410 g/mol. The summed E-state index contributed by atoms with van der Waals surface area (Å²) in [5, 5.41) is 28.9. The average Bonchev–Trinajstić information content (AvgIpc) is 2.94. The van der Waals surface area contributed by atoms with Crippen molar-refractivity contribution in [1.82, 2.24) is 0 Å². The van der Waals surface area contributed by atoms with Crippen molar-refractivity contribution in [3.63, 3.8) is 0 Å². The Hall–Kier alpha value is -2.25. The van der Waals surface area contributed by atoms with Gasteiger partial charge in [0.15, 0.2) is 6.61 Å². The van der Waals surface area contributed by atoms with Gasteiger partial charge in [0.2, 0.25) is 0 Å². The smallest absolute Gasteiger partial charge is 0.303 e. The molecule has 0 heterocycles. The van der Waals surface area contributed by atoms with Gasteiger partial charge in [-0.2, -0.15) is 8.78 Å². The summed E-state index contributed by atoms with van der Waals surface area (Å²) in [5.41, 5.74) is 0. The standard InChI is InChI=1S/C22H28F2O5/c23-22(24,15-29-16-8-4-3-5-9-16)13-12-18-17(19(25)14-20(18)26)10-6-1-2-7-11-21(27)28/h1,3-6,8-9,12-13,17-20,25-26H,2,7,10-11,14-15H2,(H,27,28)/b6-1-,13-12+/t17-,18-,19+,20-/m0/s1. The third-order valence-electron chi connectivity index (χ3n) is 4.99. The largest absolute Gasteiger partial charge is 0.487 e. The molecule has 160 valence electrons. The summed E-state index contributed by atoms with van der Waals surface area (Å²) in [5.74, 6) is -4.67. The highest BCUT2D eigenvalue weighted by molar-refractivity contribution is 5.66. The van der Waals surface area contributed by atoms with E-state index < -0.39 is 36.6 Å². The number of unbranched alkanes of at least 4 members (excludes halogenated alkanes) is 1. The number of aliphatic carboxylic acids is 1. The van der Waals surface area contributed by atoms with E-state index in [4.69, 9.17) is 9.84 Å². The van der Waals surface area contributed by atoms with Gasteiger partial charge in [0.1, 0.15) is 5.75 Å². The van der Waals surface area contributed by atoms with Crippen LogP contribution in [0.25, 0.3) is 0 Å². The number of para-hydroxylation sites is 1. The molecule has 7 heteroatoms. The molecule has 2 rings (SSSR count). The molecule has 0 unspecified atom stereocenters. The summed E-state index contributed by atoms with van der Waals surface area (Å²) < 4.78 is 33.4. The van der Waals surface area contributed by atoms with Crippen LogP contribution in [0.15, 0.2) is 54.6 Å². The van der Waals surface area contributed by atoms with Crippen molar-refractivity contribution in [3.8, 4) is 5.75 Å². The first-order valence-electron chi connectivity index (χ1n) is 9.76. The Bertz CT molecular complexity index is 690. The number of hydrogen-bond donors (Lipinski definition) is 3. The molecule has 0 aromatic heterocycles. The highest BCUT2D eigenvalue weighted by atomic mass is 19.3. The second kappa shape index (κ2) is 11.1.